The van der Waals surface area contributed by atoms with E-state index in [1.807, 2.05) is 39.0 Å². The monoisotopic (exact) mass is 297 g/mol. The highest BCUT2D eigenvalue weighted by Gasteiger charge is 2.21. The zero-order valence-corrected chi connectivity index (χ0v) is 13.8. The lowest BCUT2D eigenvalue weighted by atomic mass is 9.96. The lowest BCUT2D eigenvalue weighted by Crippen LogP contribution is -2.27. The van der Waals surface area contributed by atoms with Crippen LogP contribution in [-0.4, -0.2) is 10.9 Å². The fourth-order valence-electron chi connectivity index (χ4n) is 1.89. The molecule has 1 amide bonds. The SMILES string of the molecule is Cc1cccc(Nc2ccc(NC(=O)C(C)(C)C)nc2)c1C. The Bertz CT molecular complexity index is 670. The molecule has 22 heavy (non-hydrogen) atoms. The van der Waals surface area contributed by atoms with Crippen LogP contribution in [0.15, 0.2) is 36.5 Å². The van der Waals surface area contributed by atoms with Crippen LogP contribution >= 0.6 is 0 Å². The quantitative estimate of drug-likeness (QED) is 0.881. The summed E-state index contributed by atoms with van der Waals surface area (Å²) in [5.41, 5.74) is 3.98. The third-order valence-electron chi connectivity index (χ3n) is 3.57. The Morgan fingerprint density at radius 3 is 2.41 bits per heavy atom. The number of rotatable bonds is 3. The van der Waals surface area contributed by atoms with Crippen LogP contribution in [0.5, 0.6) is 0 Å². The smallest absolute Gasteiger partial charge is 0.230 e. The average Bonchev–Trinajstić information content (AvgIpc) is 2.45. The molecule has 0 aliphatic heterocycles. The van der Waals surface area contributed by atoms with Crippen LogP contribution in [0, 0.1) is 19.3 Å². The highest BCUT2D eigenvalue weighted by Crippen LogP contribution is 2.23. The van der Waals surface area contributed by atoms with Crippen molar-refractivity contribution in [3.8, 4) is 0 Å². The minimum Gasteiger partial charge on any atom is -0.354 e. The van der Waals surface area contributed by atoms with E-state index in [1.165, 1.54) is 11.1 Å². The van der Waals surface area contributed by atoms with Crippen LogP contribution in [0.3, 0.4) is 0 Å². The summed E-state index contributed by atoms with van der Waals surface area (Å²) in [6, 6.07) is 9.86. The van der Waals surface area contributed by atoms with E-state index in [0.29, 0.717) is 5.82 Å². The Kier molecular flexibility index (Phi) is 4.50. The predicted octanol–water partition coefficient (Wildman–Crippen LogP) is 4.43. The van der Waals surface area contributed by atoms with Gasteiger partial charge in [0.1, 0.15) is 5.82 Å². The van der Waals surface area contributed by atoms with Gasteiger partial charge in [0, 0.05) is 11.1 Å². The molecule has 0 radical (unpaired) electrons. The van der Waals surface area contributed by atoms with Gasteiger partial charge in [-0.3, -0.25) is 4.79 Å². The molecule has 1 heterocycles. The van der Waals surface area contributed by atoms with Gasteiger partial charge in [-0.25, -0.2) is 4.98 Å². The van der Waals surface area contributed by atoms with Gasteiger partial charge in [-0.1, -0.05) is 32.9 Å². The predicted molar refractivity (Wildman–Crippen MR) is 91.5 cm³/mol. The molecule has 0 bridgehead atoms. The molecule has 0 saturated heterocycles. The number of aromatic nitrogens is 1. The summed E-state index contributed by atoms with van der Waals surface area (Å²) in [7, 11) is 0. The molecule has 1 aromatic carbocycles. The van der Waals surface area contributed by atoms with E-state index in [9.17, 15) is 4.79 Å². The molecule has 4 nitrogen and oxygen atoms in total. The maximum Gasteiger partial charge on any atom is 0.230 e. The van der Waals surface area contributed by atoms with Gasteiger partial charge in [0.05, 0.1) is 11.9 Å². The molecule has 116 valence electrons. The number of carbonyl (C=O) groups excluding carboxylic acids is 1. The first kappa shape index (κ1) is 16.0. The molecular formula is C18H23N3O. The summed E-state index contributed by atoms with van der Waals surface area (Å²) >= 11 is 0. The molecule has 0 saturated carbocycles. The van der Waals surface area contributed by atoms with Crippen LogP contribution in [-0.2, 0) is 4.79 Å². The molecular weight excluding hydrogens is 274 g/mol. The summed E-state index contributed by atoms with van der Waals surface area (Å²) in [6.45, 7) is 9.79. The normalized spacial score (nSPS) is 11.1. The topological polar surface area (TPSA) is 54.0 Å². The lowest BCUT2D eigenvalue weighted by molar-refractivity contribution is -0.123. The van der Waals surface area contributed by atoms with E-state index in [4.69, 9.17) is 0 Å². The van der Waals surface area contributed by atoms with Crippen molar-refractivity contribution >= 4 is 23.1 Å². The first-order chi connectivity index (χ1) is 10.3. The van der Waals surface area contributed by atoms with Crippen molar-refractivity contribution in [1.82, 2.24) is 4.98 Å². The summed E-state index contributed by atoms with van der Waals surface area (Å²) in [4.78, 5) is 16.2. The zero-order chi connectivity index (χ0) is 16.3. The Morgan fingerprint density at radius 1 is 1.09 bits per heavy atom. The fourth-order valence-corrected chi connectivity index (χ4v) is 1.89. The number of hydrogen-bond acceptors (Lipinski definition) is 3. The molecule has 4 heteroatoms. The van der Waals surface area contributed by atoms with Crippen molar-refractivity contribution in [3.05, 3.63) is 47.7 Å². The van der Waals surface area contributed by atoms with Crippen molar-refractivity contribution in [2.45, 2.75) is 34.6 Å². The van der Waals surface area contributed by atoms with Gasteiger partial charge in [-0.2, -0.15) is 0 Å². The molecule has 0 unspecified atom stereocenters. The average molecular weight is 297 g/mol. The summed E-state index contributed by atoms with van der Waals surface area (Å²) in [6.07, 6.45) is 1.72. The van der Waals surface area contributed by atoms with Crippen LogP contribution in [0.4, 0.5) is 17.2 Å². The zero-order valence-electron chi connectivity index (χ0n) is 13.8. The Balaban J connectivity index is 2.09. The molecule has 0 aliphatic carbocycles. The lowest BCUT2D eigenvalue weighted by Gasteiger charge is -2.17. The molecule has 1 aromatic heterocycles. The van der Waals surface area contributed by atoms with Crippen molar-refractivity contribution in [2.75, 3.05) is 10.6 Å². The molecule has 2 aromatic rings. The standard InChI is InChI=1S/C18H23N3O/c1-12-7-6-8-15(13(12)2)20-14-9-10-16(19-11-14)21-17(22)18(3,4)5/h6-11,20H,1-5H3,(H,19,21,22). The van der Waals surface area contributed by atoms with E-state index in [1.54, 1.807) is 12.3 Å². The second-order valence-electron chi connectivity index (χ2n) is 6.51. The van der Waals surface area contributed by atoms with Gasteiger partial charge < -0.3 is 10.6 Å². The minimum absolute atomic E-state index is 0.0461. The van der Waals surface area contributed by atoms with Crippen LogP contribution < -0.4 is 10.6 Å². The van der Waals surface area contributed by atoms with E-state index < -0.39 is 5.41 Å². The number of nitrogens with one attached hydrogen (secondary N) is 2. The summed E-state index contributed by atoms with van der Waals surface area (Å²) in [5, 5.41) is 6.16. The second-order valence-corrected chi connectivity index (χ2v) is 6.51. The highest BCUT2D eigenvalue weighted by molar-refractivity contribution is 5.93. The van der Waals surface area contributed by atoms with E-state index in [0.717, 1.165) is 11.4 Å². The van der Waals surface area contributed by atoms with Crippen LogP contribution in [0.25, 0.3) is 0 Å². The molecule has 0 atom stereocenters. The fraction of sp³-hybridized carbons (Fsp3) is 0.333. The number of amides is 1. The first-order valence-corrected chi connectivity index (χ1v) is 7.38. The maximum atomic E-state index is 11.9. The molecule has 0 fully saturated rings. The van der Waals surface area contributed by atoms with Gasteiger partial charge in [0.15, 0.2) is 0 Å². The van der Waals surface area contributed by atoms with Crippen molar-refractivity contribution in [1.29, 1.82) is 0 Å². The third-order valence-corrected chi connectivity index (χ3v) is 3.57. The highest BCUT2D eigenvalue weighted by atomic mass is 16.2. The van der Waals surface area contributed by atoms with Crippen molar-refractivity contribution in [2.24, 2.45) is 5.41 Å². The molecule has 2 rings (SSSR count). The number of pyridine rings is 1. The number of nitrogens with zero attached hydrogens (tertiary/aromatic N) is 1. The van der Waals surface area contributed by atoms with E-state index >= 15 is 0 Å². The van der Waals surface area contributed by atoms with Gasteiger partial charge in [-0.05, 0) is 43.2 Å². The Morgan fingerprint density at radius 2 is 1.82 bits per heavy atom. The summed E-state index contributed by atoms with van der Waals surface area (Å²) in [5.74, 6) is 0.515. The third kappa shape index (κ3) is 3.85. The van der Waals surface area contributed by atoms with Gasteiger partial charge >= 0.3 is 0 Å². The number of hydrogen-bond donors (Lipinski definition) is 2. The second kappa shape index (κ2) is 6.18. The number of aryl methyl sites for hydroxylation is 1. The van der Waals surface area contributed by atoms with E-state index in [2.05, 4.69) is 35.5 Å². The van der Waals surface area contributed by atoms with Crippen molar-refractivity contribution < 1.29 is 4.79 Å². The minimum atomic E-state index is -0.433. The largest absolute Gasteiger partial charge is 0.354 e. The molecule has 0 aliphatic rings. The maximum absolute atomic E-state index is 11.9. The number of benzene rings is 1. The first-order valence-electron chi connectivity index (χ1n) is 7.38. The Labute approximate surface area is 132 Å². The van der Waals surface area contributed by atoms with Crippen LogP contribution in [0.2, 0.25) is 0 Å². The van der Waals surface area contributed by atoms with Crippen LogP contribution in [0.1, 0.15) is 31.9 Å². The van der Waals surface area contributed by atoms with E-state index in [-0.39, 0.29) is 5.91 Å². The Hall–Kier alpha value is -2.36. The molecule has 2 N–H and O–H groups in total. The van der Waals surface area contributed by atoms with Gasteiger partial charge in [-0.15, -0.1) is 0 Å². The van der Waals surface area contributed by atoms with Crippen molar-refractivity contribution in [3.63, 3.8) is 0 Å². The number of carbonyl (C=O) groups is 1. The number of anilines is 3. The molecule has 0 spiro atoms. The van der Waals surface area contributed by atoms with Gasteiger partial charge in [0.2, 0.25) is 5.91 Å². The summed E-state index contributed by atoms with van der Waals surface area (Å²) < 4.78 is 0. The van der Waals surface area contributed by atoms with Gasteiger partial charge in [0.25, 0.3) is 0 Å².